The van der Waals surface area contributed by atoms with Gasteiger partial charge in [0, 0.05) is 50.4 Å². The predicted molar refractivity (Wildman–Crippen MR) is 160 cm³/mol. The van der Waals surface area contributed by atoms with Gasteiger partial charge in [-0.15, -0.1) is 0 Å². The second-order valence-corrected chi connectivity index (χ2v) is 10.4. The Morgan fingerprint density at radius 2 is 1.72 bits per heavy atom. The molecule has 0 saturated carbocycles. The first-order valence-corrected chi connectivity index (χ1v) is 14.2. The fourth-order valence-corrected chi connectivity index (χ4v) is 5.48. The summed E-state index contributed by atoms with van der Waals surface area (Å²) in [6.45, 7) is 4.57. The molecule has 13 heteroatoms. The van der Waals surface area contributed by atoms with Crippen LogP contribution < -0.4 is 0 Å². The SMILES string of the molecule is COC(=O)C1=C(CCN2CCc3ccccc3C2)N(C)C(C)=C(COC=O)C1c1ccc(C(F)(F)F)cc1.O=CO/C=C/C(=O)O. The Morgan fingerprint density at radius 1 is 1.04 bits per heavy atom. The highest BCUT2D eigenvalue weighted by Gasteiger charge is 2.38. The molecule has 1 unspecified atom stereocenters. The Bertz CT molecular complexity index is 1500. The molecule has 46 heavy (non-hydrogen) atoms. The summed E-state index contributed by atoms with van der Waals surface area (Å²) >= 11 is 0. The van der Waals surface area contributed by atoms with Crippen molar-refractivity contribution < 1.29 is 51.7 Å². The number of halogens is 3. The third-order valence-corrected chi connectivity index (χ3v) is 7.82. The van der Waals surface area contributed by atoms with Crippen LogP contribution in [0.15, 0.2) is 83.4 Å². The summed E-state index contributed by atoms with van der Waals surface area (Å²) in [5.41, 5.74) is 4.77. The molecule has 1 atom stereocenters. The average Bonchev–Trinajstić information content (AvgIpc) is 3.04. The van der Waals surface area contributed by atoms with E-state index in [1.807, 2.05) is 31.0 Å². The van der Waals surface area contributed by atoms with Crippen LogP contribution in [0.3, 0.4) is 0 Å². The first-order valence-electron chi connectivity index (χ1n) is 14.2. The number of hydrogen-bond acceptors (Lipinski definition) is 9. The van der Waals surface area contributed by atoms with Crippen LogP contribution >= 0.6 is 0 Å². The maximum Gasteiger partial charge on any atom is 0.416 e. The lowest BCUT2D eigenvalue weighted by Crippen LogP contribution is -2.36. The van der Waals surface area contributed by atoms with Gasteiger partial charge in [-0.1, -0.05) is 36.4 Å². The highest BCUT2D eigenvalue weighted by atomic mass is 19.4. The number of carbonyl (C=O) groups excluding carboxylic acids is 3. The van der Waals surface area contributed by atoms with E-state index in [4.69, 9.17) is 14.6 Å². The van der Waals surface area contributed by atoms with Crippen LogP contribution in [-0.2, 0) is 52.5 Å². The second kappa shape index (κ2) is 16.4. The number of fused-ring (bicyclic) bond motifs is 1. The van der Waals surface area contributed by atoms with Gasteiger partial charge in [0.25, 0.3) is 12.9 Å². The van der Waals surface area contributed by atoms with Crippen molar-refractivity contribution in [1.29, 1.82) is 0 Å². The normalized spacial score (nSPS) is 16.7. The Morgan fingerprint density at radius 3 is 2.30 bits per heavy atom. The van der Waals surface area contributed by atoms with Gasteiger partial charge in [0.05, 0.1) is 24.3 Å². The summed E-state index contributed by atoms with van der Waals surface area (Å²) in [5, 5.41) is 7.86. The molecule has 0 spiro atoms. The quantitative estimate of drug-likeness (QED) is 0.120. The largest absolute Gasteiger partial charge is 0.478 e. The number of carboxylic acid groups (broad SMARTS) is 1. The van der Waals surface area contributed by atoms with Crippen LogP contribution in [0, 0.1) is 0 Å². The number of esters is 1. The number of carbonyl (C=O) groups is 4. The highest BCUT2D eigenvalue weighted by molar-refractivity contribution is 5.92. The molecule has 2 aliphatic rings. The maximum atomic E-state index is 13.2. The summed E-state index contributed by atoms with van der Waals surface area (Å²) in [6, 6.07) is 13.1. The first-order chi connectivity index (χ1) is 21.9. The number of benzene rings is 2. The lowest BCUT2D eigenvalue weighted by atomic mass is 9.79. The molecule has 0 radical (unpaired) electrons. The predicted octanol–water partition coefficient (Wildman–Crippen LogP) is 4.81. The number of hydrogen-bond donors (Lipinski definition) is 1. The Kier molecular flexibility index (Phi) is 12.7. The smallest absolute Gasteiger partial charge is 0.416 e. The van der Waals surface area contributed by atoms with Gasteiger partial charge in [0.2, 0.25) is 0 Å². The molecule has 0 aromatic heterocycles. The van der Waals surface area contributed by atoms with Gasteiger partial charge in [0.15, 0.2) is 0 Å². The van der Waals surface area contributed by atoms with Crippen LogP contribution in [0.4, 0.5) is 13.2 Å². The molecule has 2 aromatic carbocycles. The van der Waals surface area contributed by atoms with Gasteiger partial charge in [0.1, 0.15) is 12.9 Å². The molecular formula is C33H35F3N2O8. The summed E-state index contributed by atoms with van der Waals surface area (Å²) in [7, 11) is 3.12. The van der Waals surface area contributed by atoms with Crippen molar-refractivity contribution >= 4 is 24.9 Å². The molecule has 4 rings (SSSR count). The third kappa shape index (κ3) is 9.07. The molecule has 0 bridgehead atoms. The van der Waals surface area contributed by atoms with Gasteiger partial charge >= 0.3 is 18.1 Å². The number of ether oxygens (including phenoxy) is 3. The molecular weight excluding hydrogens is 609 g/mol. The van der Waals surface area contributed by atoms with Gasteiger partial charge in [-0.05, 0) is 47.7 Å². The number of carboxylic acids is 1. The number of allylic oxidation sites excluding steroid dienone is 1. The maximum absolute atomic E-state index is 13.2. The number of methoxy groups -OCH3 is 1. The molecule has 1 N–H and O–H groups in total. The zero-order chi connectivity index (χ0) is 33.9. The summed E-state index contributed by atoms with van der Waals surface area (Å²) in [4.78, 5) is 47.4. The van der Waals surface area contributed by atoms with E-state index >= 15 is 0 Å². The fraction of sp³-hybridized carbons (Fsp3) is 0.333. The van der Waals surface area contributed by atoms with E-state index in [0.29, 0.717) is 42.2 Å². The van der Waals surface area contributed by atoms with Crippen molar-refractivity contribution in [3.63, 3.8) is 0 Å². The zero-order valence-electron chi connectivity index (χ0n) is 25.6. The molecule has 0 amide bonds. The minimum Gasteiger partial charge on any atom is -0.478 e. The molecule has 0 saturated heterocycles. The number of nitrogens with zero attached hydrogens (tertiary/aromatic N) is 2. The van der Waals surface area contributed by atoms with Crippen molar-refractivity contribution in [2.45, 2.75) is 38.4 Å². The second-order valence-electron chi connectivity index (χ2n) is 10.4. The minimum absolute atomic E-state index is 0.109. The van der Waals surface area contributed by atoms with Crippen LogP contribution in [0.1, 0.15) is 41.5 Å². The Labute approximate surface area is 264 Å². The standard InChI is InChI=1S/C29H31F3N2O4.C4H4O4/c1-19-24(17-38-18-35)26(21-8-10-23(11-9-21)29(30,31)32)27(28(36)37-3)25(33(19)2)13-15-34-14-12-20-6-4-5-7-22(20)16-34;5-3-8-2-1-4(6)7/h4-11,18,26H,12-17H2,1-3H3;1-3H,(H,6,7)/b;2-1+. The Hall–Kier alpha value is -4.91. The molecule has 10 nitrogen and oxygen atoms in total. The Balaban J connectivity index is 0.000000637. The summed E-state index contributed by atoms with van der Waals surface area (Å²) in [6.07, 6.45) is -1.52. The molecule has 2 aromatic rings. The fourth-order valence-electron chi connectivity index (χ4n) is 5.48. The molecule has 0 aliphatic carbocycles. The van der Waals surface area contributed by atoms with E-state index in [1.54, 1.807) is 0 Å². The molecule has 246 valence electrons. The first kappa shape index (κ1) is 35.6. The van der Waals surface area contributed by atoms with Crippen molar-refractivity contribution in [3.8, 4) is 0 Å². The van der Waals surface area contributed by atoms with E-state index in [-0.39, 0.29) is 13.1 Å². The monoisotopic (exact) mass is 644 g/mol. The lowest BCUT2D eigenvalue weighted by molar-refractivity contribution is -0.138. The van der Waals surface area contributed by atoms with Crippen LogP contribution in [0.5, 0.6) is 0 Å². The highest BCUT2D eigenvalue weighted by Crippen LogP contribution is 2.43. The van der Waals surface area contributed by atoms with E-state index in [2.05, 4.69) is 21.8 Å². The van der Waals surface area contributed by atoms with E-state index in [9.17, 15) is 32.3 Å². The van der Waals surface area contributed by atoms with Crippen molar-refractivity contribution in [3.05, 3.63) is 106 Å². The third-order valence-electron chi connectivity index (χ3n) is 7.82. The lowest BCUT2D eigenvalue weighted by Gasteiger charge is -2.38. The molecule has 0 fully saturated rings. The van der Waals surface area contributed by atoms with Gasteiger partial charge in [-0.3, -0.25) is 14.5 Å². The van der Waals surface area contributed by atoms with Crippen LogP contribution in [-0.4, -0.2) is 73.6 Å². The van der Waals surface area contributed by atoms with Gasteiger partial charge < -0.3 is 24.2 Å². The number of aliphatic carboxylic acids is 1. The van der Waals surface area contributed by atoms with E-state index < -0.39 is 29.6 Å². The zero-order valence-corrected chi connectivity index (χ0v) is 25.6. The van der Waals surface area contributed by atoms with Crippen molar-refractivity contribution in [2.75, 3.05) is 33.9 Å². The summed E-state index contributed by atoms with van der Waals surface area (Å²) in [5.74, 6) is -2.44. The minimum atomic E-state index is -4.49. The van der Waals surface area contributed by atoms with E-state index in [0.717, 1.165) is 49.3 Å². The van der Waals surface area contributed by atoms with Crippen molar-refractivity contribution in [1.82, 2.24) is 9.80 Å². The van der Waals surface area contributed by atoms with Gasteiger partial charge in [-0.25, -0.2) is 9.59 Å². The molecule has 2 heterocycles. The number of rotatable bonds is 11. The average molecular weight is 645 g/mol. The van der Waals surface area contributed by atoms with Crippen LogP contribution in [0.2, 0.25) is 0 Å². The topological polar surface area (TPSA) is 123 Å². The molecule has 2 aliphatic heterocycles. The van der Waals surface area contributed by atoms with Gasteiger partial charge in [-0.2, -0.15) is 13.2 Å². The van der Waals surface area contributed by atoms with Crippen LogP contribution in [0.25, 0.3) is 0 Å². The van der Waals surface area contributed by atoms with E-state index in [1.165, 1.54) is 30.4 Å². The summed E-state index contributed by atoms with van der Waals surface area (Å²) < 4.78 is 53.9. The number of alkyl halides is 3. The van der Waals surface area contributed by atoms with Crippen molar-refractivity contribution in [2.24, 2.45) is 0 Å².